The van der Waals surface area contributed by atoms with Crippen LogP contribution in [0.3, 0.4) is 0 Å². The van der Waals surface area contributed by atoms with Gasteiger partial charge < -0.3 is 9.64 Å². The van der Waals surface area contributed by atoms with Crippen LogP contribution in [0.4, 0.5) is 8.68 Å². The number of benzene rings is 2. The van der Waals surface area contributed by atoms with E-state index in [0.29, 0.717) is 12.8 Å². The van der Waals surface area contributed by atoms with Crippen molar-refractivity contribution in [1.29, 1.82) is 0 Å². The number of rotatable bonds is 4. The third kappa shape index (κ3) is 3.49. The molecular weight excluding hydrogens is 405 g/mol. The summed E-state index contributed by atoms with van der Waals surface area (Å²) in [6.07, 6.45) is 2.33. The number of hydrogen-bond donors (Lipinski definition) is 0. The first kappa shape index (κ1) is 19.5. The maximum absolute atomic E-state index is 13.1. The minimum atomic E-state index is -4.49. The standard InChI is InChI=1S/C23H24FNO4S/c24-30(27,28)14-15-11-16-9-10-17(12-15)25(16)23(26)29-13-22-20-7-3-1-5-18(20)19-6-2-4-8-21(19)22/h1-8,15-17,22H,9-14H2. The number of carbonyl (C=O) groups is 1. The largest absolute Gasteiger partial charge is 0.448 e. The van der Waals surface area contributed by atoms with Gasteiger partial charge in [-0.3, -0.25) is 0 Å². The van der Waals surface area contributed by atoms with Gasteiger partial charge in [0.05, 0.1) is 5.75 Å². The molecule has 0 N–H and O–H groups in total. The normalized spacial score (nSPS) is 25.1. The maximum Gasteiger partial charge on any atom is 0.410 e. The highest BCUT2D eigenvalue weighted by atomic mass is 32.3. The van der Waals surface area contributed by atoms with Crippen molar-refractivity contribution in [3.05, 3.63) is 59.7 Å². The Kier molecular flexibility index (Phi) is 4.81. The Morgan fingerprint density at radius 1 is 0.967 bits per heavy atom. The van der Waals surface area contributed by atoms with E-state index < -0.39 is 16.0 Å². The van der Waals surface area contributed by atoms with Crippen LogP contribution < -0.4 is 0 Å². The lowest BCUT2D eigenvalue weighted by atomic mass is 9.92. The van der Waals surface area contributed by atoms with Crippen molar-refractivity contribution >= 4 is 16.3 Å². The lowest BCUT2D eigenvalue weighted by molar-refractivity contribution is 0.0585. The molecule has 30 heavy (non-hydrogen) atoms. The second-order valence-electron chi connectivity index (χ2n) is 8.64. The van der Waals surface area contributed by atoms with Crippen LogP contribution in [-0.2, 0) is 15.0 Å². The molecule has 2 heterocycles. The highest BCUT2D eigenvalue weighted by Crippen LogP contribution is 2.45. The number of halogens is 1. The van der Waals surface area contributed by atoms with Gasteiger partial charge in [0.25, 0.3) is 0 Å². The summed E-state index contributed by atoms with van der Waals surface area (Å²) >= 11 is 0. The van der Waals surface area contributed by atoms with Gasteiger partial charge in [-0.2, -0.15) is 8.42 Å². The van der Waals surface area contributed by atoms with E-state index in [9.17, 15) is 17.1 Å². The van der Waals surface area contributed by atoms with E-state index in [1.807, 2.05) is 24.3 Å². The Bertz CT molecular complexity index is 1030. The average Bonchev–Trinajstić information content (AvgIpc) is 3.17. The Labute approximate surface area is 176 Å². The van der Waals surface area contributed by atoms with Crippen molar-refractivity contribution in [2.24, 2.45) is 5.92 Å². The number of ether oxygens (including phenoxy) is 1. The van der Waals surface area contributed by atoms with E-state index in [1.54, 1.807) is 4.90 Å². The third-order valence-corrected chi connectivity index (χ3v) is 7.68. The molecule has 0 spiro atoms. The fourth-order valence-corrected chi connectivity index (χ4v) is 6.51. The molecule has 1 amide bonds. The van der Waals surface area contributed by atoms with Gasteiger partial charge in [0, 0.05) is 18.0 Å². The first-order valence-corrected chi connectivity index (χ1v) is 12.0. The van der Waals surface area contributed by atoms with E-state index in [0.717, 1.165) is 12.8 Å². The molecule has 2 atom stereocenters. The molecule has 7 heteroatoms. The molecule has 0 radical (unpaired) electrons. The monoisotopic (exact) mass is 429 g/mol. The topological polar surface area (TPSA) is 63.7 Å². The molecule has 2 fully saturated rings. The smallest absolute Gasteiger partial charge is 0.410 e. The Balaban J connectivity index is 1.29. The number of piperidine rings is 1. The highest BCUT2D eigenvalue weighted by Gasteiger charge is 2.45. The van der Waals surface area contributed by atoms with E-state index in [1.165, 1.54) is 22.3 Å². The lowest BCUT2D eigenvalue weighted by Gasteiger charge is -2.37. The van der Waals surface area contributed by atoms with E-state index >= 15 is 0 Å². The molecule has 2 unspecified atom stereocenters. The van der Waals surface area contributed by atoms with Crippen molar-refractivity contribution in [1.82, 2.24) is 4.90 Å². The van der Waals surface area contributed by atoms with Gasteiger partial charge in [-0.25, -0.2) is 4.79 Å². The van der Waals surface area contributed by atoms with Crippen LogP contribution in [0.25, 0.3) is 11.1 Å². The highest BCUT2D eigenvalue weighted by molar-refractivity contribution is 7.86. The molecule has 5 nitrogen and oxygen atoms in total. The van der Waals surface area contributed by atoms with Crippen LogP contribution in [-0.4, -0.2) is 43.9 Å². The molecule has 2 bridgehead atoms. The first-order valence-electron chi connectivity index (χ1n) is 10.5. The number of amides is 1. The third-order valence-electron chi connectivity index (χ3n) is 6.81. The fraction of sp³-hybridized carbons (Fsp3) is 0.435. The Morgan fingerprint density at radius 2 is 1.50 bits per heavy atom. The molecule has 5 rings (SSSR count). The molecular formula is C23H24FNO4S. The maximum atomic E-state index is 13.1. The second kappa shape index (κ2) is 7.38. The average molecular weight is 430 g/mol. The second-order valence-corrected chi connectivity index (χ2v) is 10.1. The molecule has 0 saturated carbocycles. The minimum absolute atomic E-state index is 0.00761. The summed E-state index contributed by atoms with van der Waals surface area (Å²) in [7, 11) is -4.49. The van der Waals surface area contributed by atoms with Crippen LogP contribution in [0, 0.1) is 5.92 Å². The van der Waals surface area contributed by atoms with Crippen LogP contribution in [0.2, 0.25) is 0 Å². The summed E-state index contributed by atoms with van der Waals surface area (Å²) in [6.45, 7) is 0.269. The SMILES string of the molecule is O=C(OCC1c2ccccc2-c2ccccc21)N1C2CCC1CC(CS(=O)(=O)F)C2. The summed E-state index contributed by atoms with van der Waals surface area (Å²) in [6, 6.07) is 16.3. The summed E-state index contributed by atoms with van der Waals surface area (Å²) < 4.78 is 41.0. The quantitative estimate of drug-likeness (QED) is 0.673. The minimum Gasteiger partial charge on any atom is -0.448 e. The lowest BCUT2D eigenvalue weighted by Crippen LogP contribution is -2.47. The van der Waals surface area contributed by atoms with Crippen LogP contribution in [0.1, 0.15) is 42.7 Å². The molecule has 158 valence electrons. The van der Waals surface area contributed by atoms with Crippen LogP contribution in [0.5, 0.6) is 0 Å². The van der Waals surface area contributed by atoms with E-state index in [4.69, 9.17) is 4.74 Å². The van der Waals surface area contributed by atoms with Crippen molar-refractivity contribution < 1.29 is 21.8 Å². The molecule has 0 aromatic heterocycles. The Morgan fingerprint density at radius 3 is 2.03 bits per heavy atom. The van der Waals surface area contributed by atoms with Crippen LogP contribution in [0.15, 0.2) is 48.5 Å². The zero-order valence-corrected chi connectivity index (χ0v) is 17.4. The van der Waals surface area contributed by atoms with Gasteiger partial charge in [0.15, 0.2) is 0 Å². The molecule has 2 saturated heterocycles. The zero-order chi connectivity index (χ0) is 20.9. The molecule has 2 aromatic carbocycles. The van der Waals surface area contributed by atoms with E-state index in [-0.39, 0.29) is 36.6 Å². The molecule has 2 aromatic rings. The van der Waals surface area contributed by atoms with Crippen LogP contribution >= 0.6 is 0 Å². The van der Waals surface area contributed by atoms with E-state index in [2.05, 4.69) is 24.3 Å². The zero-order valence-electron chi connectivity index (χ0n) is 16.5. The number of fused-ring (bicyclic) bond motifs is 5. The molecule has 3 aliphatic rings. The van der Waals surface area contributed by atoms with Crippen molar-refractivity contribution in [3.8, 4) is 11.1 Å². The predicted molar refractivity (Wildman–Crippen MR) is 111 cm³/mol. The first-order chi connectivity index (χ1) is 14.4. The summed E-state index contributed by atoms with van der Waals surface area (Å²) in [4.78, 5) is 14.7. The summed E-state index contributed by atoms with van der Waals surface area (Å²) in [5.74, 6) is -0.665. The van der Waals surface area contributed by atoms with Gasteiger partial charge >= 0.3 is 16.3 Å². The van der Waals surface area contributed by atoms with Crippen molar-refractivity contribution in [2.45, 2.75) is 43.7 Å². The fourth-order valence-electron chi connectivity index (χ4n) is 5.67. The molecule has 2 aliphatic heterocycles. The number of nitrogens with zero attached hydrogens (tertiary/aromatic N) is 1. The van der Waals surface area contributed by atoms with Gasteiger partial charge in [0.2, 0.25) is 0 Å². The van der Waals surface area contributed by atoms with Gasteiger partial charge in [-0.05, 0) is 53.9 Å². The van der Waals surface area contributed by atoms with Gasteiger partial charge in [0.1, 0.15) is 6.61 Å². The number of hydrogen-bond acceptors (Lipinski definition) is 4. The predicted octanol–water partition coefficient (Wildman–Crippen LogP) is 4.48. The van der Waals surface area contributed by atoms with Crippen molar-refractivity contribution in [3.63, 3.8) is 0 Å². The number of carbonyl (C=O) groups excluding carboxylic acids is 1. The van der Waals surface area contributed by atoms with Gasteiger partial charge in [-0.1, -0.05) is 48.5 Å². The van der Waals surface area contributed by atoms with Gasteiger partial charge in [-0.15, -0.1) is 3.89 Å². The Hall–Kier alpha value is -2.41. The van der Waals surface area contributed by atoms with Crippen molar-refractivity contribution in [2.75, 3.05) is 12.4 Å². The molecule has 1 aliphatic carbocycles. The summed E-state index contributed by atoms with van der Waals surface area (Å²) in [5.41, 5.74) is 4.70. The summed E-state index contributed by atoms with van der Waals surface area (Å²) in [5, 5.41) is 0.